The summed E-state index contributed by atoms with van der Waals surface area (Å²) in [5, 5.41) is 8.17. The number of hydrogen-bond acceptors (Lipinski definition) is 15. The predicted octanol–water partition coefficient (Wildman–Crippen LogP) is 3.06. The highest BCUT2D eigenvalue weighted by Crippen LogP contribution is 2.34. The van der Waals surface area contributed by atoms with E-state index in [0.717, 1.165) is 11.1 Å². The number of hydrogen-bond donors (Lipinski definition) is 3. The number of carbonyl (C=O) groups excluding carboxylic acids is 6. The van der Waals surface area contributed by atoms with Crippen LogP contribution in [-0.2, 0) is 45.9 Å². The van der Waals surface area contributed by atoms with Gasteiger partial charge in [0.2, 0.25) is 23.7 Å². The Kier molecular flexibility index (Phi) is 16.8. The lowest BCUT2D eigenvalue weighted by Crippen LogP contribution is -2.54. The summed E-state index contributed by atoms with van der Waals surface area (Å²) in [6, 6.07) is 8.47. The lowest BCUT2D eigenvalue weighted by molar-refractivity contribution is -0.139. The molecule has 3 N–H and O–H groups in total. The molecule has 2 saturated heterocycles. The molecule has 19 nitrogen and oxygen atoms in total. The molecule has 6 amide bonds. The number of fused-ring (bicyclic) bond motifs is 1. The van der Waals surface area contributed by atoms with Gasteiger partial charge >= 0.3 is 6.18 Å². The topological polar surface area (TPSA) is 220 Å². The van der Waals surface area contributed by atoms with Crippen molar-refractivity contribution in [2.45, 2.75) is 44.8 Å². The number of carbonyl (C=O) groups is 6. The standard InChI is InChI=1S/C43H51F3N8O11/c1-3-30-29(43(44,45)46)26-48-42(49-30)50-31-8-7-27(25-34(31)61-2)39(58)53-15-13-52(14-16-53)36(56)11-17-62-19-21-64-23-24-65-22-20-63-18-12-47-32-6-4-5-28-37(32)41(60)54(40(28)59)33-9-10-35(55)51-38(33)57/h4-8,25-26,33,47H,3,9-24H2,1-2H3,(H,48,49,50)(H,51,55,57). The highest BCUT2D eigenvalue weighted by molar-refractivity contribution is 6.25. The smallest absolute Gasteiger partial charge is 0.419 e. The van der Waals surface area contributed by atoms with E-state index >= 15 is 0 Å². The van der Waals surface area contributed by atoms with Crippen molar-refractivity contribution in [1.29, 1.82) is 0 Å². The molecule has 4 heterocycles. The first kappa shape index (κ1) is 48.2. The number of nitrogens with one attached hydrogen (secondary N) is 3. The summed E-state index contributed by atoms with van der Waals surface area (Å²) in [7, 11) is 1.40. The van der Waals surface area contributed by atoms with Gasteiger partial charge in [-0.2, -0.15) is 13.2 Å². The Morgan fingerprint density at radius 2 is 1.51 bits per heavy atom. The third-order valence-electron chi connectivity index (χ3n) is 10.7. The van der Waals surface area contributed by atoms with Crippen LogP contribution in [0.15, 0.2) is 42.6 Å². The van der Waals surface area contributed by atoms with Crippen LogP contribution in [-0.4, -0.2) is 159 Å². The van der Waals surface area contributed by atoms with Crippen molar-refractivity contribution >= 4 is 52.8 Å². The summed E-state index contributed by atoms with van der Waals surface area (Å²) in [6.45, 7) is 5.68. The second-order valence-electron chi connectivity index (χ2n) is 14.9. The van der Waals surface area contributed by atoms with Crippen LogP contribution in [0.5, 0.6) is 5.75 Å². The maximum Gasteiger partial charge on any atom is 0.419 e. The van der Waals surface area contributed by atoms with Gasteiger partial charge in [-0.25, -0.2) is 9.97 Å². The van der Waals surface area contributed by atoms with E-state index in [2.05, 4.69) is 25.9 Å². The quantitative estimate of drug-likeness (QED) is 0.0975. The van der Waals surface area contributed by atoms with E-state index in [4.69, 9.17) is 23.7 Å². The summed E-state index contributed by atoms with van der Waals surface area (Å²) in [5.41, 5.74) is 0.466. The molecular formula is C43H51F3N8O11. The van der Waals surface area contributed by atoms with Gasteiger partial charge in [0.15, 0.2) is 0 Å². The number of rotatable bonds is 22. The molecule has 6 rings (SSSR count). The molecule has 2 fully saturated rings. The molecule has 1 atom stereocenters. The van der Waals surface area contributed by atoms with E-state index < -0.39 is 41.4 Å². The summed E-state index contributed by atoms with van der Waals surface area (Å²) in [6.07, 6.45) is -3.49. The molecule has 0 bridgehead atoms. The number of methoxy groups -OCH3 is 1. The lowest BCUT2D eigenvalue weighted by Gasteiger charge is -2.35. The van der Waals surface area contributed by atoms with Crippen LogP contribution >= 0.6 is 0 Å². The Bertz CT molecular complexity index is 2220. The third-order valence-corrected chi connectivity index (χ3v) is 10.7. The van der Waals surface area contributed by atoms with E-state index in [1.165, 1.54) is 19.2 Å². The molecule has 22 heteroatoms. The highest BCUT2D eigenvalue weighted by atomic mass is 19.4. The molecule has 3 aromatic rings. The number of amides is 6. The highest BCUT2D eigenvalue weighted by Gasteiger charge is 2.45. The minimum absolute atomic E-state index is 0.0414. The van der Waals surface area contributed by atoms with Gasteiger partial charge in [-0.3, -0.25) is 39.0 Å². The van der Waals surface area contributed by atoms with Crippen molar-refractivity contribution in [3.63, 3.8) is 0 Å². The zero-order chi connectivity index (χ0) is 46.5. The van der Waals surface area contributed by atoms with Crippen molar-refractivity contribution in [3.8, 4) is 5.75 Å². The number of aryl methyl sites for hydroxylation is 1. The van der Waals surface area contributed by atoms with Gasteiger partial charge in [-0.1, -0.05) is 13.0 Å². The molecule has 1 unspecified atom stereocenters. The van der Waals surface area contributed by atoms with Crippen LogP contribution in [0.1, 0.15) is 68.5 Å². The van der Waals surface area contributed by atoms with Gasteiger partial charge in [-0.15, -0.1) is 0 Å². The summed E-state index contributed by atoms with van der Waals surface area (Å²) < 4.78 is 67.5. The van der Waals surface area contributed by atoms with Crippen LogP contribution in [0.3, 0.4) is 0 Å². The fourth-order valence-electron chi connectivity index (χ4n) is 7.37. The van der Waals surface area contributed by atoms with E-state index in [1.54, 1.807) is 41.0 Å². The first-order valence-corrected chi connectivity index (χ1v) is 21.1. The lowest BCUT2D eigenvalue weighted by atomic mass is 10.0. The van der Waals surface area contributed by atoms with Crippen molar-refractivity contribution in [3.05, 3.63) is 70.5 Å². The molecule has 0 saturated carbocycles. The predicted molar refractivity (Wildman–Crippen MR) is 225 cm³/mol. The van der Waals surface area contributed by atoms with Gasteiger partial charge in [0.1, 0.15) is 11.8 Å². The molecule has 0 radical (unpaired) electrons. The number of benzene rings is 2. The van der Waals surface area contributed by atoms with Gasteiger partial charge in [0, 0.05) is 56.6 Å². The van der Waals surface area contributed by atoms with Crippen LogP contribution in [0.4, 0.5) is 30.5 Å². The van der Waals surface area contributed by atoms with Crippen molar-refractivity contribution in [2.75, 3.05) is 103 Å². The minimum atomic E-state index is -4.57. The molecular weight excluding hydrogens is 862 g/mol. The fourth-order valence-corrected chi connectivity index (χ4v) is 7.37. The Hall–Kier alpha value is -6.23. The van der Waals surface area contributed by atoms with Crippen LogP contribution in [0, 0.1) is 0 Å². The fraction of sp³-hybridized carbons (Fsp3) is 0.488. The maximum atomic E-state index is 13.3. The summed E-state index contributed by atoms with van der Waals surface area (Å²) >= 11 is 0. The molecule has 1 aromatic heterocycles. The normalized spacial score (nSPS) is 16.4. The van der Waals surface area contributed by atoms with Gasteiger partial charge < -0.3 is 44.1 Å². The number of piperidine rings is 1. The van der Waals surface area contributed by atoms with Crippen LogP contribution < -0.4 is 20.7 Å². The van der Waals surface area contributed by atoms with E-state index in [0.29, 0.717) is 95.9 Å². The summed E-state index contributed by atoms with van der Waals surface area (Å²) in [4.78, 5) is 88.3. The Labute approximate surface area is 372 Å². The zero-order valence-electron chi connectivity index (χ0n) is 36.0. The number of nitrogens with zero attached hydrogens (tertiary/aromatic N) is 5. The Morgan fingerprint density at radius 1 is 0.846 bits per heavy atom. The number of alkyl halides is 3. The molecule has 0 spiro atoms. The van der Waals surface area contributed by atoms with Gasteiger partial charge in [0.25, 0.3) is 17.7 Å². The number of imide groups is 2. The Balaban J connectivity index is 0.780. The van der Waals surface area contributed by atoms with Crippen LogP contribution in [0.25, 0.3) is 0 Å². The van der Waals surface area contributed by atoms with Crippen LogP contribution in [0.2, 0.25) is 0 Å². The first-order chi connectivity index (χ1) is 31.3. The molecule has 3 aliphatic rings. The molecule has 0 aliphatic carbocycles. The SMILES string of the molecule is CCc1nc(Nc2ccc(C(=O)N3CCN(C(=O)CCOCCOCCOCCOCCNc4cccc5c4C(=O)N(C4CCC(=O)NC4=O)C5=O)CC3)cc2OC)ncc1C(F)(F)F. The average molecular weight is 913 g/mol. The van der Waals surface area contributed by atoms with E-state index in [-0.39, 0.29) is 72.6 Å². The number of piperazine rings is 1. The minimum Gasteiger partial charge on any atom is -0.495 e. The second-order valence-corrected chi connectivity index (χ2v) is 14.9. The monoisotopic (exact) mass is 912 g/mol. The van der Waals surface area contributed by atoms with Crippen molar-refractivity contribution < 1.29 is 65.6 Å². The summed E-state index contributed by atoms with van der Waals surface area (Å²) in [5.74, 6) is -2.39. The zero-order valence-corrected chi connectivity index (χ0v) is 36.0. The average Bonchev–Trinajstić information content (AvgIpc) is 3.55. The molecule has 350 valence electrons. The first-order valence-electron chi connectivity index (χ1n) is 21.1. The largest absolute Gasteiger partial charge is 0.495 e. The molecule has 65 heavy (non-hydrogen) atoms. The number of aromatic nitrogens is 2. The number of ether oxygens (including phenoxy) is 5. The third kappa shape index (κ3) is 12.3. The van der Waals surface area contributed by atoms with E-state index in [1.807, 2.05) is 0 Å². The Morgan fingerprint density at radius 3 is 2.15 bits per heavy atom. The molecule has 3 aliphatic heterocycles. The second kappa shape index (κ2) is 22.6. The van der Waals surface area contributed by atoms with Gasteiger partial charge in [0.05, 0.1) is 94.5 Å². The molecule has 2 aromatic carbocycles. The number of anilines is 3. The van der Waals surface area contributed by atoms with Crippen molar-refractivity contribution in [2.24, 2.45) is 0 Å². The maximum absolute atomic E-state index is 13.3. The van der Waals surface area contributed by atoms with E-state index in [9.17, 15) is 41.9 Å². The number of halogens is 3. The van der Waals surface area contributed by atoms with Crippen molar-refractivity contribution in [1.82, 2.24) is 30.0 Å². The van der Waals surface area contributed by atoms with Gasteiger partial charge in [-0.05, 0) is 43.2 Å².